The van der Waals surface area contributed by atoms with Crippen molar-refractivity contribution in [2.45, 2.75) is 38.4 Å². The van der Waals surface area contributed by atoms with Gasteiger partial charge in [-0.05, 0) is 43.9 Å². The van der Waals surface area contributed by atoms with Crippen LogP contribution in [0.4, 0.5) is 0 Å². The van der Waals surface area contributed by atoms with E-state index in [0.29, 0.717) is 6.61 Å². The van der Waals surface area contributed by atoms with Gasteiger partial charge in [-0.3, -0.25) is 0 Å². The molecule has 17 heavy (non-hydrogen) atoms. The van der Waals surface area contributed by atoms with Crippen LogP contribution < -0.4 is 4.74 Å². The SMILES string of the molecule is C[C@@H](O)c1cccc(OCC2CCCCO2)c1. The first-order valence-corrected chi connectivity index (χ1v) is 6.28. The summed E-state index contributed by atoms with van der Waals surface area (Å²) in [5.41, 5.74) is 0.882. The van der Waals surface area contributed by atoms with Gasteiger partial charge in [0.25, 0.3) is 0 Å². The van der Waals surface area contributed by atoms with Crippen molar-refractivity contribution < 1.29 is 14.6 Å². The molecule has 0 aliphatic carbocycles. The fourth-order valence-corrected chi connectivity index (χ4v) is 1.99. The molecule has 1 aliphatic heterocycles. The van der Waals surface area contributed by atoms with Gasteiger partial charge in [0.2, 0.25) is 0 Å². The van der Waals surface area contributed by atoms with Gasteiger partial charge in [-0.15, -0.1) is 0 Å². The Morgan fingerprint density at radius 1 is 1.47 bits per heavy atom. The highest BCUT2D eigenvalue weighted by Crippen LogP contribution is 2.20. The molecule has 0 spiro atoms. The molecule has 1 aliphatic rings. The monoisotopic (exact) mass is 236 g/mol. The maximum Gasteiger partial charge on any atom is 0.119 e. The van der Waals surface area contributed by atoms with E-state index in [1.165, 1.54) is 6.42 Å². The Balaban J connectivity index is 1.87. The number of hydrogen-bond acceptors (Lipinski definition) is 3. The summed E-state index contributed by atoms with van der Waals surface area (Å²) in [5, 5.41) is 9.48. The summed E-state index contributed by atoms with van der Waals surface area (Å²) >= 11 is 0. The van der Waals surface area contributed by atoms with E-state index in [0.717, 1.165) is 30.8 Å². The van der Waals surface area contributed by atoms with Crippen molar-refractivity contribution in [2.24, 2.45) is 0 Å². The summed E-state index contributed by atoms with van der Waals surface area (Å²) in [4.78, 5) is 0. The van der Waals surface area contributed by atoms with E-state index in [9.17, 15) is 5.11 Å². The van der Waals surface area contributed by atoms with E-state index in [1.54, 1.807) is 6.92 Å². The Kier molecular flexibility index (Phi) is 4.40. The molecule has 2 rings (SSSR count). The number of ether oxygens (including phenoxy) is 2. The van der Waals surface area contributed by atoms with Crippen LogP contribution in [-0.4, -0.2) is 24.4 Å². The van der Waals surface area contributed by atoms with Gasteiger partial charge in [-0.1, -0.05) is 12.1 Å². The normalized spacial score (nSPS) is 22.1. The molecule has 1 aromatic carbocycles. The molecule has 1 fully saturated rings. The first-order chi connectivity index (χ1) is 8.25. The van der Waals surface area contributed by atoms with Crippen molar-refractivity contribution in [1.29, 1.82) is 0 Å². The number of aliphatic hydroxyl groups is 1. The molecular formula is C14H20O3. The van der Waals surface area contributed by atoms with Crippen LogP contribution in [0.3, 0.4) is 0 Å². The van der Waals surface area contributed by atoms with E-state index < -0.39 is 6.10 Å². The second-order valence-corrected chi connectivity index (χ2v) is 4.55. The third-order valence-corrected chi connectivity index (χ3v) is 3.05. The molecule has 1 aromatic rings. The highest BCUT2D eigenvalue weighted by molar-refractivity contribution is 5.29. The van der Waals surface area contributed by atoms with Crippen LogP contribution in [0.15, 0.2) is 24.3 Å². The molecule has 1 N–H and O–H groups in total. The van der Waals surface area contributed by atoms with E-state index in [2.05, 4.69) is 0 Å². The summed E-state index contributed by atoms with van der Waals surface area (Å²) < 4.78 is 11.3. The minimum Gasteiger partial charge on any atom is -0.491 e. The summed E-state index contributed by atoms with van der Waals surface area (Å²) in [6, 6.07) is 7.59. The summed E-state index contributed by atoms with van der Waals surface area (Å²) in [6.45, 7) is 3.20. The van der Waals surface area contributed by atoms with Crippen LogP contribution >= 0.6 is 0 Å². The van der Waals surface area contributed by atoms with Gasteiger partial charge < -0.3 is 14.6 Å². The minimum absolute atomic E-state index is 0.221. The number of benzene rings is 1. The van der Waals surface area contributed by atoms with Crippen molar-refractivity contribution in [1.82, 2.24) is 0 Å². The fourth-order valence-electron chi connectivity index (χ4n) is 1.99. The summed E-state index contributed by atoms with van der Waals surface area (Å²) in [7, 11) is 0. The zero-order valence-corrected chi connectivity index (χ0v) is 10.3. The molecular weight excluding hydrogens is 216 g/mol. The average molecular weight is 236 g/mol. The number of rotatable bonds is 4. The third kappa shape index (κ3) is 3.72. The molecule has 0 bridgehead atoms. The highest BCUT2D eigenvalue weighted by Gasteiger charge is 2.14. The number of aliphatic hydroxyl groups excluding tert-OH is 1. The molecule has 0 radical (unpaired) electrons. The van der Waals surface area contributed by atoms with Crippen molar-refractivity contribution in [3.63, 3.8) is 0 Å². The van der Waals surface area contributed by atoms with Gasteiger partial charge in [0.05, 0.1) is 12.2 Å². The van der Waals surface area contributed by atoms with Gasteiger partial charge >= 0.3 is 0 Å². The molecule has 3 nitrogen and oxygen atoms in total. The van der Waals surface area contributed by atoms with Crippen LogP contribution in [0.25, 0.3) is 0 Å². The van der Waals surface area contributed by atoms with Crippen molar-refractivity contribution >= 4 is 0 Å². The molecule has 1 unspecified atom stereocenters. The Morgan fingerprint density at radius 3 is 3.06 bits per heavy atom. The topological polar surface area (TPSA) is 38.7 Å². The van der Waals surface area contributed by atoms with Crippen molar-refractivity contribution in [3.05, 3.63) is 29.8 Å². The first kappa shape index (κ1) is 12.4. The lowest BCUT2D eigenvalue weighted by atomic mass is 10.1. The van der Waals surface area contributed by atoms with Gasteiger partial charge in [-0.25, -0.2) is 0 Å². The second-order valence-electron chi connectivity index (χ2n) is 4.55. The van der Waals surface area contributed by atoms with Crippen LogP contribution in [-0.2, 0) is 4.74 Å². The summed E-state index contributed by atoms with van der Waals surface area (Å²) in [5.74, 6) is 0.803. The smallest absolute Gasteiger partial charge is 0.119 e. The van der Waals surface area contributed by atoms with Crippen LogP contribution in [0.5, 0.6) is 5.75 Å². The van der Waals surface area contributed by atoms with E-state index in [-0.39, 0.29) is 6.10 Å². The lowest BCUT2D eigenvalue weighted by molar-refractivity contribution is -0.0111. The lowest BCUT2D eigenvalue weighted by Crippen LogP contribution is -2.25. The van der Waals surface area contributed by atoms with E-state index in [4.69, 9.17) is 9.47 Å². The fraction of sp³-hybridized carbons (Fsp3) is 0.571. The Labute approximate surface area is 102 Å². The van der Waals surface area contributed by atoms with Gasteiger partial charge in [0.15, 0.2) is 0 Å². The molecule has 2 atom stereocenters. The van der Waals surface area contributed by atoms with Crippen LogP contribution in [0.1, 0.15) is 37.9 Å². The maximum atomic E-state index is 9.48. The molecule has 94 valence electrons. The number of hydrogen-bond donors (Lipinski definition) is 1. The van der Waals surface area contributed by atoms with Crippen molar-refractivity contribution in [2.75, 3.05) is 13.2 Å². The summed E-state index contributed by atoms with van der Waals surface area (Å²) in [6.07, 6.45) is 3.23. The lowest BCUT2D eigenvalue weighted by Gasteiger charge is -2.22. The Morgan fingerprint density at radius 2 is 2.35 bits per heavy atom. The van der Waals surface area contributed by atoms with Crippen LogP contribution in [0.2, 0.25) is 0 Å². The quantitative estimate of drug-likeness (QED) is 0.873. The minimum atomic E-state index is -0.454. The molecule has 1 heterocycles. The molecule has 1 saturated heterocycles. The zero-order valence-electron chi connectivity index (χ0n) is 10.3. The molecule has 0 amide bonds. The van der Waals surface area contributed by atoms with Gasteiger partial charge in [0.1, 0.15) is 12.4 Å². The molecule has 3 heteroatoms. The predicted octanol–water partition coefficient (Wildman–Crippen LogP) is 2.69. The first-order valence-electron chi connectivity index (χ1n) is 6.28. The van der Waals surface area contributed by atoms with E-state index >= 15 is 0 Å². The average Bonchev–Trinajstić information content (AvgIpc) is 2.38. The Bertz CT molecular complexity index is 343. The molecule has 0 saturated carbocycles. The largest absolute Gasteiger partial charge is 0.491 e. The standard InChI is InChI=1S/C14H20O3/c1-11(15)12-5-4-7-13(9-12)17-10-14-6-2-3-8-16-14/h4-5,7,9,11,14-15H,2-3,6,8,10H2,1H3/t11-,14?/m1/s1. The highest BCUT2D eigenvalue weighted by atomic mass is 16.5. The maximum absolute atomic E-state index is 9.48. The van der Waals surface area contributed by atoms with Gasteiger partial charge in [0, 0.05) is 6.61 Å². The van der Waals surface area contributed by atoms with Crippen molar-refractivity contribution in [3.8, 4) is 5.75 Å². The predicted molar refractivity (Wildman–Crippen MR) is 66.2 cm³/mol. The van der Waals surface area contributed by atoms with Crippen LogP contribution in [0, 0.1) is 0 Å². The second kappa shape index (κ2) is 6.03. The third-order valence-electron chi connectivity index (χ3n) is 3.05. The Hall–Kier alpha value is -1.06. The van der Waals surface area contributed by atoms with Gasteiger partial charge in [-0.2, -0.15) is 0 Å². The zero-order chi connectivity index (χ0) is 12.1. The van der Waals surface area contributed by atoms with E-state index in [1.807, 2.05) is 24.3 Å². The molecule has 0 aromatic heterocycles.